The van der Waals surface area contributed by atoms with Gasteiger partial charge in [-0.15, -0.1) is 11.3 Å². The fourth-order valence-corrected chi connectivity index (χ4v) is 7.79. The summed E-state index contributed by atoms with van der Waals surface area (Å²) in [7, 11) is 0. The number of fused-ring (bicyclic) bond motifs is 1. The minimum absolute atomic E-state index is 0.0492. The largest absolute Gasteiger partial charge is 0.481 e. The number of hydrogen-bond donors (Lipinski definition) is 2. The van der Waals surface area contributed by atoms with Gasteiger partial charge in [0.1, 0.15) is 17.9 Å². The Balaban J connectivity index is 1.36. The maximum absolute atomic E-state index is 15.9. The smallest absolute Gasteiger partial charge is 0.338 e. The van der Waals surface area contributed by atoms with E-state index in [4.69, 9.17) is 9.73 Å². The number of carboxylic acids is 1. The molecule has 0 bridgehead atoms. The van der Waals surface area contributed by atoms with Crippen molar-refractivity contribution in [1.82, 2.24) is 20.1 Å². The third-order valence-electron chi connectivity index (χ3n) is 9.31. The number of hydrogen-bond acceptors (Lipinski definition) is 9. The zero-order valence-electron chi connectivity index (χ0n) is 24.8. The summed E-state index contributed by atoms with van der Waals surface area (Å²) in [6.45, 7) is 2.49. The highest BCUT2D eigenvalue weighted by Gasteiger charge is 2.63. The molecule has 10 nitrogen and oxygen atoms in total. The Hall–Kier alpha value is -3.78. The van der Waals surface area contributed by atoms with E-state index in [2.05, 4.69) is 10.3 Å². The third-order valence-corrected chi connectivity index (χ3v) is 10.1. The number of nitrogens with one attached hydrogen (secondary N) is 1. The first kappa shape index (κ1) is 31.2. The number of aromatic nitrogens is 1. The number of carbonyl (C=O) groups excluding carboxylic acids is 2. The predicted octanol–water partition coefficient (Wildman–Crippen LogP) is 4.06. The van der Waals surface area contributed by atoms with Gasteiger partial charge in [-0.05, 0) is 56.7 Å². The SMILES string of the molecule is CCOC(=O)C1=C(CN2CC(F)(F)C3C2CC(=O)N3C2CCC(C(=O)O)CC2)NC(c2nccs2)=NC1c1cccc(F)c1C. The number of carbonyl (C=O) groups is 3. The second kappa shape index (κ2) is 12.2. The van der Waals surface area contributed by atoms with E-state index in [0.29, 0.717) is 42.1 Å². The van der Waals surface area contributed by atoms with Crippen molar-refractivity contribution in [3.8, 4) is 0 Å². The molecule has 3 aliphatic heterocycles. The first-order valence-electron chi connectivity index (χ1n) is 15.1. The van der Waals surface area contributed by atoms with Gasteiger partial charge in [-0.25, -0.2) is 22.9 Å². The monoisotopic (exact) mass is 645 g/mol. The average molecular weight is 646 g/mol. The number of esters is 1. The Bertz CT molecular complexity index is 1560. The van der Waals surface area contributed by atoms with Gasteiger partial charge in [-0.2, -0.15) is 0 Å². The van der Waals surface area contributed by atoms with Crippen LogP contribution in [0.25, 0.3) is 0 Å². The van der Waals surface area contributed by atoms with Crippen LogP contribution in [0.2, 0.25) is 0 Å². The molecule has 1 amide bonds. The van der Waals surface area contributed by atoms with Crippen molar-refractivity contribution in [3.05, 3.63) is 63.0 Å². The van der Waals surface area contributed by atoms with Crippen LogP contribution in [0.15, 0.2) is 46.0 Å². The number of aliphatic imine (C=N–C) groups is 1. The Morgan fingerprint density at radius 3 is 2.64 bits per heavy atom. The summed E-state index contributed by atoms with van der Waals surface area (Å²) in [4.78, 5) is 50.2. The molecule has 3 atom stereocenters. The number of carboxylic acid groups (broad SMARTS) is 1. The highest BCUT2D eigenvalue weighted by molar-refractivity contribution is 7.11. The zero-order chi connectivity index (χ0) is 32.0. The van der Waals surface area contributed by atoms with E-state index in [9.17, 15) is 23.9 Å². The molecule has 3 unspecified atom stereocenters. The molecule has 6 rings (SSSR count). The van der Waals surface area contributed by atoms with Crippen molar-refractivity contribution in [2.45, 2.75) is 76.0 Å². The van der Waals surface area contributed by atoms with Crippen molar-refractivity contribution in [1.29, 1.82) is 0 Å². The van der Waals surface area contributed by atoms with Crippen LogP contribution < -0.4 is 5.32 Å². The Morgan fingerprint density at radius 2 is 1.98 bits per heavy atom. The first-order valence-corrected chi connectivity index (χ1v) is 15.9. The van der Waals surface area contributed by atoms with E-state index in [-0.39, 0.29) is 42.3 Å². The van der Waals surface area contributed by atoms with E-state index < -0.39 is 60.3 Å². The number of likely N-dealkylation sites (tertiary alicyclic amines) is 2. The van der Waals surface area contributed by atoms with Gasteiger partial charge in [0.15, 0.2) is 10.8 Å². The van der Waals surface area contributed by atoms with Crippen LogP contribution in [-0.2, 0) is 19.1 Å². The van der Waals surface area contributed by atoms with Crippen molar-refractivity contribution < 1.29 is 37.4 Å². The first-order chi connectivity index (χ1) is 21.5. The summed E-state index contributed by atoms with van der Waals surface area (Å²) in [6, 6.07) is 0.832. The number of rotatable bonds is 8. The lowest BCUT2D eigenvalue weighted by Gasteiger charge is -2.38. The molecule has 14 heteroatoms. The number of benzene rings is 1. The fourth-order valence-electron chi connectivity index (χ4n) is 7.20. The van der Waals surface area contributed by atoms with Gasteiger partial charge in [0.05, 0.1) is 24.6 Å². The minimum Gasteiger partial charge on any atom is -0.481 e. The zero-order valence-corrected chi connectivity index (χ0v) is 25.7. The minimum atomic E-state index is -3.25. The van der Waals surface area contributed by atoms with Crippen LogP contribution in [0.4, 0.5) is 13.2 Å². The summed E-state index contributed by atoms with van der Waals surface area (Å²) >= 11 is 1.29. The molecule has 1 saturated carbocycles. The normalized spacial score (nSPS) is 28.1. The predicted molar refractivity (Wildman–Crippen MR) is 158 cm³/mol. The van der Waals surface area contributed by atoms with Crippen molar-refractivity contribution in [3.63, 3.8) is 0 Å². The average Bonchev–Trinajstić information content (AvgIpc) is 3.71. The lowest BCUT2D eigenvalue weighted by Crippen LogP contribution is -2.52. The molecule has 1 aromatic heterocycles. The van der Waals surface area contributed by atoms with Crippen LogP contribution in [0, 0.1) is 18.7 Å². The molecule has 3 fully saturated rings. The number of thiazole rings is 1. The number of halogens is 3. The second-order valence-electron chi connectivity index (χ2n) is 11.9. The van der Waals surface area contributed by atoms with Crippen LogP contribution in [0.3, 0.4) is 0 Å². The van der Waals surface area contributed by atoms with Crippen LogP contribution in [0.1, 0.15) is 61.2 Å². The summed E-state index contributed by atoms with van der Waals surface area (Å²) < 4.78 is 51.9. The van der Waals surface area contributed by atoms with Gasteiger partial charge in [-0.1, -0.05) is 12.1 Å². The van der Waals surface area contributed by atoms with Gasteiger partial charge in [-0.3, -0.25) is 19.5 Å². The number of ether oxygens (including phenoxy) is 1. The Kier molecular flexibility index (Phi) is 8.46. The molecule has 2 aromatic rings. The second-order valence-corrected chi connectivity index (χ2v) is 12.8. The summed E-state index contributed by atoms with van der Waals surface area (Å²) in [5.74, 6) is -5.96. The quantitative estimate of drug-likeness (QED) is 0.412. The number of aliphatic carboxylic acids is 1. The Labute approximate surface area is 262 Å². The van der Waals surface area contributed by atoms with E-state index in [1.807, 2.05) is 0 Å². The molecule has 2 N–H and O–H groups in total. The van der Waals surface area contributed by atoms with Gasteiger partial charge in [0.2, 0.25) is 5.91 Å². The molecule has 240 valence electrons. The van der Waals surface area contributed by atoms with Gasteiger partial charge in [0, 0.05) is 42.3 Å². The molecular formula is C31H34F3N5O5S. The molecule has 4 heterocycles. The van der Waals surface area contributed by atoms with Crippen molar-refractivity contribution in [2.24, 2.45) is 10.9 Å². The highest BCUT2D eigenvalue weighted by atomic mass is 32.1. The van der Waals surface area contributed by atoms with Gasteiger partial charge in [0.25, 0.3) is 5.92 Å². The number of nitrogens with zero attached hydrogens (tertiary/aromatic N) is 4. The lowest BCUT2D eigenvalue weighted by atomic mass is 9.85. The maximum Gasteiger partial charge on any atom is 0.338 e. The molecule has 45 heavy (non-hydrogen) atoms. The number of amides is 1. The number of amidine groups is 1. The maximum atomic E-state index is 15.9. The molecule has 2 saturated heterocycles. The Morgan fingerprint density at radius 1 is 1.22 bits per heavy atom. The van der Waals surface area contributed by atoms with Crippen LogP contribution in [0.5, 0.6) is 0 Å². The summed E-state index contributed by atoms with van der Waals surface area (Å²) in [5, 5.41) is 14.8. The summed E-state index contributed by atoms with van der Waals surface area (Å²) in [6.07, 6.45) is 2.83. The lowest BCUT2D eigenvalue weighted by molar-refractivity contribution is -0.145. The van der Waals surface area contributed by atoms with E-state index in [0.717, 1.165) is 0 Å². The van der Waals surface area contributed by atoms with Crippen LogP contribution in [-0.4, -0.2) is 87.3 Å². The molecule has 1 aromatic carbocycles. The number of alkyl halides is 2. The van der Waals surface area contributed by atoms with Gasteiger partial charge < -0.3 is 20.1 Å². The van der Waals surface area contributed by atoms with Gasteiger partial charge >= 0.3 is 11.9 Å². The van der Waals surface area contributed by atoms with E-state index in [1.54, 1.807) is 31.5 Å². The standard InChI is InChI=1S/C31H34F3N5O5S/c1-3-44-30(43)24-21(36-27(28-35-11-12-45-28)37-25(24)19-5-4-6-20(32)16(19)2)14-38-15-31(33,34)26-22(38)13-23(40)39(26)18-9-7-17(8-10-18)29(41)42/h4-6,11-12,17-18,22,25-26H,3,7-10,13-15H2,1-2H3,(H,36,37)(H,41,42). The summed E-state index contributed by atoms with van der Waals surface area (Å²) in [5.41, 5.74) is 1.06. The third kappa shape index (κ3) is 5.73. The van der Waals surface area contributed by atoms with Crippen molar-refractivity contribution in [2.75, 3.05) is 19.7 Å². The van der Waals surface area contributed by atoms with Crippen molar-refractivity contribution >= 4 is 35.0 Å². The molecule has 4 aliphatic rings. The molecule has 0 radical (unpaired) electrons. The molecule has 0 spiro atoms. The molecular weight excluding hydrogens is 611 g/mol. The van der Waals surface area contributed by atoms with Crippen LogP contribution >= 0.6 is 11.3 Å². The van der Waals surface area contributed by atoms with E-state index in [1.165, 1.54) is 33.3 Å². The highest BCUT2D eigenvalue weighted by Crippen LogP contribution is 2.46. The fraction of sp³-hybridized carbons (Fsp3) is 0.516. The topological polar surface area (TPSA) is 124 Å². The van der Waals surface area contributed by atoms with E-state index >= 15 is 8.78 Å². The molecule has 1 aliphatic carbocycles.